The van der Waals surface area contributed by atoms with E-state index < -0.39 is 26.8 Å². The molecule has 0 spiro atoms. The van der Waals surface area contributed by atoms with Gasteiger partial charge in [-0.15, -0.1) is 5.10 Å². The minimum Gasteiger partial charge on any atom is -0.366 e. The molecule has 0 saturated heterocycles. The fraction of sp³-hybridized carbons (Fsp3) is 0.600. The summed E-state index contributed by atoms with van der Waals surface area (Å²) in [6.45, 7) is 5.03. The van der Waals surface area contributed by atoms with Crippen molar-refractivity contribution >= 4 is 15.2 Å². The zero-order chi connectivity index (χ0) is 20.9. The van der Waals surface area contributed by atoms with Crippen molar-refractivity contribution in [3.8, 4) is 0 Å². The van der Waals surface area contributed by atoms with E-state index in [0.29, 0.717) is 18.5 Å². The van der Waals surface area contributed by atoms with Gasteiger partial charge in [-0.2, -0.15) is 0 Å². The Morgan fingerprint density at radius 3 is 2.22 bits per heavy atom. The van der Waals surface area contributed by atoms with Gasteiger partial charge < -0.3 is 24.7 Å². The van der Waals surface area contributed by atoms with E-state index in [2.05, 4.69) is 22.5 Å². The van der Waals surface area contributed by atoms with Crippen LogP contribution in [0.25, 0.3) is 0 Å². The first-order valence-electron chi connectivity index (χ1n) is 8.28. The minimum absolute atomic E-state index is 0.474. The molecule has 0 saturated carbocycles. The van der Waals surface area contributed by atoms with Gasteiger partial charge >= 0.3 is 15.2 Å². The fourth-order valence-corrected chi connectivity index (χ4v) is 4.27. The molecule has 154 valence electrons. The first kappa shape index (κ1) is 23.9. The average molecular weight is 423 g/mol. The third kappa shape index (κ3) is 7.08. The third-order valence-electron chi connectivity index (χ3n) is 3.88. The molecule has 0 aliphatic rings. The summed E-state index contributed by atoms with van der Waals surface area (Å²) < 4.78 is 23.5. The average Bonchev–Trinajstić information content (AvgIpc) is 2.91. The van der Waals surface area contributed by atoms with E-state index in [1.807, 2.05) is 20.8 Å². The molecule has 0 atom stereocenters. The van der Waals surface area contributed by atoms with E-state index in [4.69, 9.17) is 19.6 Å². The van der Waals surface area contributed by atoms with E-state index in [-0.39, 0.29) is 0 Å². The quantitative estimate of drug-likeness (QED) is 0.279. The molecule has 5 N–H and O–H groups in total. The summed E-state index contributed by atoms with van der Waals surface area (Å²) in [5, 5.41) is 13.7. The maximum absolute atomic E-state index is 11.4. The molecule has 0 radical (unpaired) electrons. The number of hydrogen-bond acceptors (Lipinski definition) is 5. The number of hydrogen-bond donors (Lipinski definition) is 5. The zero-order valence-electron chi connectivity index (χ0n) is 15.6. The molecule has 12 heteroatoms. The van der Waals surface area contributed by atoms with E-state index in [1.54, 1.807) is 0 Å². The Hall–Kier alpha value is -1.12. The Morgan fingerprint density at radius 1 is 1.11 bits per heavy atom. The highest BCUT2D eigenvalue weighted by molar-refractivity contribution is 7.72. The lowest BCUT2D eigenvalue weighted by molar-refractivity contribution is 0.111. The van der Waals surface area contributed by atoms with Gasteiger partial charge in [-0.25, -0.2) is 4.68 Å². The second kappa shape index (κ2) is 9.39. The van der Waals surface area contributed by atoms with Crippen LogP contribution in [-0.4, -0.2) is 44.8 Å². The SMILES string of the molecule is CC(C)=CCCC(C)=CCCc1cn(CC(O)(P(=O)(O)O)P(=O)(O)O)nn1. The van der Waals surface area contributed by atoms with Crippen LogP contribution < -0.4 is 0 Å². The van der Waals surface area contributed by atoms with Crippen molar-refractivity contribution < 1.29 is 33.8 Å². The summed E-state index contributed by atoms with van der Waals surface area (Å²) in [6, 6.07) is 0. The van der Waals surface area contributed by atoms with E-state index in [1.165, 1.54) is 17.3 Å². The van der Waals surface area contributed by atoms with Gasteiger partial charge in [-0.1, -0.05) is 28.5 Å². The smallest absolute Gasteiger partial charge is 0.366 e. The van der Waals surface area contributed by atoms with Crippen LogP contribution in [0.3, 0.4) is 0 Å². The Morgan fingerprint density at radius 2 is 1.70 bits per heavy atom. The molecule has 0 aromatic carbocycles. The van der Waals surface area contributed by atoms with Crippen LogP contribution >= 0.6 is 15.2 Å². The summed E-state index contributed by atoms with van der Waals surface area (Å²) in [5.74, 6) is 0. The Kier molecular flexibility index (Phi) is 8.31. The second-order valence-corrected chi connectivity index (χ2v) is 10.7. The molecule has 1 aromatic heterocycles. The molecular formula is C15H27N3O7P2. The van der Waals surface area contributed by atoms with Gasteiger partial charge in [0, 0.05) is 6.20 Å². The van der Waals surface area contributed by atoms with Gasteiger partial charge in [0.25, 0.3) is 5.08 Å². The van der Waals surface area contributed by atoms with Crippen LogP contribution in [0.5, 0.6) is 0 Å². The topological polar surface area (TPSA) is 166 Å². The number of rotatable bonds is 10. The van der Waals surface area contributed by atoms with Crippen LogP contribution in [0.1, 0.15) is 45.7 Å². The summed E-state index contributed by atoms with van der Waals surface area (Å²) in [4.78, 5) is 36.6. The Balaban J connectivity index is 2.72. The highest BCUT2D eigenvalue weighted by Crippen LogP contribution is 2.67. The highest BCUT2D eigenvalue weighted by atomic mass is 31.2. The van der Waals surface area contributed by atoms with E-state index in [9.17, 15) is 14.2 Å². The predicted octanol–water partition coefficient (Wildman–Crippen LogP) is 1.90. The number of aryl methyl sites for hydroxylation is 1. The summed E-state index contributed by atoms with van der Waals surface area (Å²) in [6.07, 6.45) is 8.57. The molecule has 0 fully saturated rings. The molecule has 1 heterocycles. The van der Waals surface area contributed by atoms with Crippen LogP contribution in [0, 0.1) is 0 Å². The fourth-order valence-electron chi connectivity index (χ4n) is 2.26. The maximum atomic E-state index is 11.4. The van der Waals surface area contributed by atoms with Crippen LogP contribution in [-0.2, 0) is 22.1 Å². The largest absolute Gasteiger partial charge is 0.371 e. The van der Waals surface area contributed by atoms with Crippen molar-refractivity contribution in [3.63, 3.8) is 0 Å². The van der Waals surface area contributed by atoms with Crippen LogP contribution in [0.4, 0.5) is 0 Å². The van der Waals surface area contributed by atoms with Gasteiger partial charge in [0.1, 0.15) is 0 Å². The molecule has 27 heavy (non-hydrogen) atoms. The maximum Gasteiger partial charge on any atom is 0.371 e. The molecular weight excluding hydrogens is 396 g/mol. The standard InChI is InChI=1S/C15H27N3O7P2/c1-12(2)6-4-7-13(3)8-5-9-14-10-18(17-16-14)11-15(19,26(20,21)22)27(23,24)25/h6,8,10,19H,4-5,7,9,11H2,1-3H3,(H2,20,21,22)(H2,23,24,25). The monoisotopic (exact) mass is 423 g/mol. The molecule has 10 nitrogen and oxygen atoms in total. The van der Waals surface area contributed by atoms with Gasteiger partial charge in [0.05, 0.1) is 12.2 Å². The summed E-state index contributed by atoms with van der Waals surface area (Å²) in [5.41, 5.74) is 2.96. The summed E-state index contributed by atoms with van der Waals surface area (Å²) >= 11 is 0. The van der Waals surface area contributed by atoms with Crippen molar-refractivity contribution in [3.05, 3.63) is 35.2 Å². The lowest BCUT2D eigenvalue weighted by atomic mass is 10.1. The molecule has 0 amide bonds. The minimum atomic E-state index is -5.53. The second-order valence-electron chi connectivity index (χ2n) is 6.68. The third-order valence-corrected chi connectivity index (χ3v) is 7.59. The first-order chi connectivity index (χ1) is 12.3. The summed E-state index contributed by atoms with van der Waals surface area (Å²) in [7, 11) is -11.1. The lowest BCUT2D eigenvalue weighted by Crippen LogP contribution is -2.34. The molecule has 1 aromatic rings. The number of nitrogens with zero attached hydrogens (tertiary/aromatic N) is 3. The van der Waals surface area contributed by atoms with Crippen molar-refractivity contribution in [1.82, 2.24) is 15.0 Å². The number of allylic oxidation sites excluding steroid dienone is 4. The van der Waals surface area contributed by atoms with Gasteiger partial charge in [-0.05, 0) is 46.5 Å². The van der Waals surface area contributed by atoms with Gasteiger partial charge in [0.15, 0.2) is 0 Å². The number of aromatic nitrogens is 3. The molecule has 0 bridgehead atoms. The van der Waals surface area contributed by atoms with Crippen molar-refractivity contribution in [2.45, 2.75) is 58.1 Å². The normalized spacial score (nSPS) is 13.7. The highest BCUT2D eigenvalue weighted by Gasteiger charge is 2.60. The molecule has 0 aliphatic carbocycles. The molecule has 0 unspecified atom stereocenters. The van der Waals surface area contributed by atoms with Gasteiger partial charge in [-0.3, -0.25) is 9.13 Å². The van der Waals surface area contributed by atoms with E-state index >= 15 is 0 Å². The molecule has 0 aliphatic heterocycles. The predicted molar refractivity (Wildman–Crippen MR) is 99.8 cm³/mol. The van der Waals surface area contributed by atoms with Gasteiger partial charge in [0.2, 0.25) is 0 Å². The zero-order valence-corrected chi connectivity index (χ0v) is 17.3. The van der Waals surface area contributed by atoms with Crippen molar-refractivity contribution in [1.29, 1.82) is 0 Å². The lowest BCUT2D eigenvalue weighted by Gasteiger charge is -2.28. The Bertz CT molecular complexity index is 765. The van der Waals surface area contributed by atoms with Crippen LogP contribution in [0.2, 0.25) is 0 Å². The Labute approximate surface area is 157 Å². The number of aliphatic hydroxyl groups is 1. The van der Waals surface area contributed by atoms with Crippen molar-refractivity contribution in [2.24, 2.45) is 0 Å². The first-order valence-corrected chi connectivity index (χ1v) is 11.5. The van der Waals surface area contributed by atoms with Crippen molar-refractivity contribution in [2.75, 3.05) is 0 Å². The van der Waals surface area contributed by atoms with Crippen LogP contribution in [0.15, 0.2) is 29.5 Å². The van der Waals surface area contributed by atoms with E-state index in [0.717, 1.165) is 17.5 Å². The molecule has 1 rings (SSSR count).